The average molecular weight is 247 g/mol. The van der Waals surface area contributed by atoms with E-state index in [9.17, 15) is 8.42 Å². The molecule has 2 aromatic rings. The maximum atomic E-state index is 10.8. The molecule has 1 aromatic carbocycles. The molecule has 0 saturated carbocycles. The first kappa shape index (κ1) is 9.96. The predicted molar refractivity (Wildman–Crippen MR) is 60.3 cm³/mol. The van der Waals surface area contributed by atoms with Gasteiger partial charge in [0, 0.05) is 15.4 Å². The Kier molecular flexibility index (Phi) is 2.51. The maximum absolute atomic E-state index is 10.8. The minimum atomic E-state index is -3.45. The molecule has 0 aliphatic carbocycles. The van der Waals surface area contributed by atoms with Gasteiger partial charge in [-0.1, -0.05) is 6.07 Å². The van der Waals surface area contributed by atoms with Crippen LogP contribution in [0.2, 0.25) is 0 Å². The lowest BCUT2D eigenvalue weighted by molar-refractivity contribution is 0.609. The summed E-state index contributed by atoms with van der Waals surface area (Å²) in [5, 5.41) is 3.04. The molecule has 0 unspecified atom stereocenters. The van der Waals surface area contributed by atoms with Crippen LogP contribution in [0, 0.1) is 0 Å². The summed E-state index contributed by atoms with van der Waals surface area (Å²) in [6.07, 6.45) is 0. The minimum absolute atomic E-state index is 0.111. The van der Waals surface area contributed by atoms with E-state index in [0.29, 0.717) is 0 Å². The van der Waals surface area contributed by atoms with Crippen LogP contribution in [0.25, 0.3) is 10.1 Å². The van der Waals surface area contributed by atoms with Crippen LogP contribution in [-0.4, -0.2) is 8.42 Å². The Morgan fingerprint density at radius 1 is 1.29 bits per heavy atom. The summed E-state index contributed by atoms with van der Waals surface area (Å²) in [6.45, 7) is 0. The van der Waals surface area contributed by atoms with E-state index in [0.717, 1.165) is 15.6 Å². The molecule has 0 aliphatic heterocycles. The molecule has 0 N–H and O–H groups in total. The Hall–Kier alpha value is -0.580. The summed E-state index contributed by atoms with van der Waals surface area (Å²) >= 11 is 1.63. The Morgan fingerprint density at radius 3 is 2.79 bits per heavy atom. The van der Waals surface area contributed by atoms with E-state index in [1.165, 1.54) is 0 Å². The lowest BCUT2D eigenvalue weighted by atomic mass is 10.2. The normalized spacial score (nSPS) is 12.1. The zero-order chi connectivity index (χ0) is 10.2. The highest BCUT2D eigenvalue weighted by molar-refractivity contribution is 8.13. The van der Waals surface area contributed by atoms with Crippen molar-refractivity contribution in [3.8, 4) is 0 Å². The molecule has 0 radical (unpaired) electrons. The van der Waals surface area contributed by atoms with Gasteiger partial charge in [-0.05, 0) is 34.5 Å². The molecule has 74 valence electrons. The standard InChI is InChI=1S/C9H7ClO2S2/c10-14(11,12)6-7-1-2-9-8(5-7)3-4-13-9/h1-5H,6H2. The van der Waals surface area contributed by atoms with Gasteiger partial charge in [0.1, 0.15) is 0 Å². The first-order valence-corrected chi connectivity index (χ1v) is 7.29. The monoisotopic (exact) mass is 246 g/mol. The van der Waals surface area contributed by atoms with Crippen molar-refractivity contribution in [1.29, 1.82) is 0 Å². The average Bonchev–Trinajstić information content (AvgIpc) is 2.47. The Balaban J connectivity index is 2.44. The molecule has 0 saturated heterocycles. The highest BCUT2D eigenvalue weighted by Crippen LogP contribution is 2.23. The molecule has 0 fully saturated rings. The summed E-state index contributed by atoms with van der Waals surface area (Å²) in [7, 11) is 1.71. The molecule has 1 aromatic heterocycles. The van der Waals surface area contributed by atoms with E-state index < -0.39 is 9.05 Å². The molecule has 0 spiro atoms. The lowest BCUT2D eigenvalue weighted by Crippen LogP contribution is -1.94. The van der Waals surface area contributed by atoms with Crippen molar-refractivity contribution in [2.45, 2.75) is 5.75 Å². The van der Waals surface area contributed by atoms with Crippen molar-refractivity contribution in [2.75, 3.05) is 0 Å². The zero-order valence-corrected chi connectivity index (χ0v) is 9.49. The van der Waals surface area contributed by atoms with Gasteiger partial charge in [-0.2, -0.15) is 0 Å². The SMILES string of the molecule is O=S(=O)(Cl)Cc1ccc2sccc2c1. The number of thiophene rings is 1. The summed E-state index contributed by atoms with van der Waals surface area (Å²) in [5.41, 5.74) is 0.728. The van der Waals surface area contributed by atoms with E-state index in [1.54, 1.807) is 17.4 Å². The van der Waals surface area contributed by atoms with Crippen molar-refractivity contribution in [2.24, 2.45) is 0 Å². The van der Waals surface area contributed by atoms with Crippen LogP contribution in [0.4, 0.5) is 0 Å². The van der Waals surface area contributed by atoms with Crippen LogP contribution in [0.1, 0.15) is 5.56 Å². The fraction of sp³-hybridized carbons (Fsp3) is 0.111. The van der Waals surface area contributed by atoms with E-state index in [-0.39, 0.29) is 5.75 Å². The minimum Gasteiger partial charge on any atom is -0.212 e. The highest BCUT2D eigenvalue weighted by atomic mass is 35.7. The third kappa shape index (κ3) is 2.26. The van der Waals surface area contributed by atoms with Crippen molar-refractivity contribution in [1.82, 2.24) is 0 Å². The van der Waals surface area contributed by atoms with Crippen LogP contribution >= 0.6 is 22.0 Å². The topological polar surface area (TPSA) is 34.1 Å². The van der Waals surface area contributed by atoms with Gasteiger partial charge in [-0.15, -0.1) is 11.3 Å². The number of fused-ring (bicyclic) bond motifs is 1. The first-order chi connectivity index (χ1) is 6.54. The molecule has 2 nitrogen and oxygen atoms in total. The quantitative estimate of drug-likeness (QED) is 0.764. The summed E-state index contributed by atoms with van der Waals surface area (Å²) in [5.74, 6) is -0.111. The van der Waals surface area contributed by atoms with E-state index >= 15 is 0 Å². The second-order valence-corrected chi connectivity index (χ2v) is 6.70. The predicted octanol–water partition coefficient (Wildman–Crippen LogP) is 2.97. The molecule has 1 heterocycles. The second kappa shape index (κ2) is 3.53. The molecular formula is C9H7ClO2S2. The Bertz CT molecular complexity index is 557. The van der Waals surface area contributed by atoms with E-state index in [4.69, 9.17) is 10.7 Å². The summed E-state index contributed by atoms with van der Waals surface area (Å²) < 4.78 is 22.8. The fourth-order valence-electron chi connectivity index (χ4n) is 1.30. The van der Waals surface area contributed by atoms with Gasteiger partial charge < -0.3 is 0 Å². The molecule has 0 amide bonds. The molecule has 2 rings (SSSR count). The number of hydrogen-bond acceptors (Lipinski definition) is 3. The number of benzene rings is 1. The Morgan fingerprint density at radius 2 is 2.07 bits per heavy atom. The van der Waals surface area contributed by atoms with Gasteiger partial charge in [0.25, 0.3) is 0 Å². The van der Waals surface area contributed by atoms with Crippen LogP contribution in [0.5, 0.6) is 0 Å². The molecular weight excluding hydrogens is 240 g/mol. The molecule has 0 aliphatic rings. The Labute approximate surface area is 90.6 Å². The first-order valence-electron chi connectivity index (χ1n) is 3.93. The third-order valence-corrected chi connectivity index (χ3v) is 3.76. The van der Waals surface area contributed by atoms with Gasteiger partial charge in [-0.25, -0.2) is 8.42 Å². The van der Waals surface area contributed by atoms with E-state index in [2.05, 4.69) is 0 Å². The molecule has 5 heteroatoms. The fourth-order valence-corrected chi connectivity index (χ4v) is 3.03. The second-order valence-electron chi connectivity index (χ2n) is 2.98. The highest BCUT2D eigenvalue weighted by Gasteiger charge is 2.07. The smallest absolute Gasteiger partial charge is 0.212 e. The van der Waals surface area contributed by atoms with Gasteiger partial charge in [0.2, 0.25) is 9.05 Å². The van der Waals surface area contributed by atoms with Crippen molar-refractivity contribution < 1.29 is 8.42 Å². The van der Waals surface area contributed by atoms with Gasteiger partial charge in [-0.3, -0.25) is 0 Å². The molecule has 14 heavy (non-hydrogen) atoms. The number of halogens is 1. The van der Waals surface area contributed by atoms with Crippen LogP contribution < -0.4 is 0 Å². The van der Waals surface area contributed by atoms with E-state index in [1.807, 2.05) is 23.6 Å². The van der Waals surface area contributed by atoms with Crippen LogP contribution in [0.3, 0.4) is 0 Å². The summed E-state index contributed by atoms with van der Waals surface area (Å²) in [6, 6.07) is 7.52. The summed E-state index contributed by atoms with van der Waals surface area (Å²) in [4.78, 5) is 0. The number of rotatable bonds is 2. The largest absolute Gasteiger partial charge is 0.236 e. The van der Waals surface area contributed by atoms with Crippen molar-refractivity contribution in [3.63, 3.8) is 0 Å². The lowest BCUT2D eigenvalue weighted by Gasteiger charge is -1.97. The van der Waals surface area contributed by atoms with Crippen molar-refractivity contribution in [3.05, 3.63) is 35.2 Å². The van der Waals surface area contributed by atoms with Crippen molar-refractivity contribution >= 4 is 41.2 Å². The van der Waals surface area contributed by atoms with Gasteiger partial charge in [0.05, 0.1) is 5.75 Å². The molecule has 0 bridgehead atoms. The number of hydrogen-bond donors (Lipinski definition) is 0. The third-order valence-electron chi connectivity index (χ3n) is 1.86. The van der Waals surface area contributed by atoms with Crippen LogP contribution in [-0.2, 0) is 14.8 Å². The zero-order valence-electron chi connectivity index (χ0n) is 7.10. The van der Waals surface area contributed by atoms with Crippen LogP contribution in [0.15, 0.2) is 29.6 Å². The van der Waals surface area contributed by atoms with Gasteiger partial charge >= 0.3 is 0 Å². The van der Waals surface area contributed by atoms with Gasteiger partial charge in [0.15, 0.2) is 0 Å². The molecule has 0 atom stereocenters. The maximum Gasteiger partial charge on any atom is 0.236 e.